The number of ketones is 1. The van der Waals surface area contributed by atoms with Crippen LogP contribution in [0.4, 0.5) is 0 Å². The maximum absolute atomic E-state index is 12.2. The second-order valence-electron chi connectivity index (χ2n) is 4.19. The smallest absolute Gasteiger partial charge is 0.189 e. The van der Waals surface area contributed by atoms with Gasteiger partial charge in [-0.2, -0.15) is 11.3 Å². The zero-order chi connectivity index (χ0) is 13.1. The molecule has 0 fully saturated rings. The van der Waals surface area contributed by atoms with Crippen molar-refractivity contribution in [3.8, 4) is 0 Å². The average molecular weight is 300 g/mol. The molecule has 5 heteroatoms. The first-order chi connectivity index (χ1) is 8.58. The summed E-state index contributed by atoms with van der Waals surface area (Å²) >= 11 is 8.87. The van der Waals surface area contributed by atoms with Crippen LogP contribution in [0.15, 0.2) is 29.0 Å². The number of nitrogens with zero attached hydrogens (tertiary/aromatic N) is 1. The van der Waals surface area contributed by atoms with Crippen molar-refractivity contribution in [1.29, 1.82) is 0 Å². The molecule has 0 radical (unpaired) electrons. The normalized spacial score (nSPS) is 12.9. The Kier molecular flexibility index (Phi) is 4.56. The van der Waals surface area contributed by atoms with E-state index in [4.69, 9.17) is 11.6 Å². The molecule has 1 unspecified atom stereocenters. The van der Waals surface area contributed by atoms with E-state index in [1.165, 1.54) is 16.9 Å². The second kappa shape index (κ2) is 5.97. The molecule has 96 valence electrons. The number of carbonyl (C=O) groups is 1. The lowest BCUT2D eigenvalue weighted by molar-refractivity contribution is 0.0866. The highest BCUT2D eigenvalue weighted by Gasteiger charge is 2.21. The molecule has 0 spiro atoms. The van der Waals surface area contributed by atoms with Gasteiger partial charge < -0.3 is 0 Å². The van der Waals surface area contributed by atoms with Crippen LogP contribution >= 0.6 is 34.3 Å². The molecule has 0 N–H and O–H groups in total. The van der Waals surface area contributed by atoms with E-state index in [1.54, 1.807) is 23.5 Å². The van der Waals surface area contributed by atoms with Crippen LogP contribution in [0.2, 0.25) is 4.34 Å². The largest absolute Gasteiger partial charge is 0.292 e. The highest BCUT2D eigenvalue weighted by Crippen LogP contribution is 2.23. The number of thiophene rings is 2. The van der Waals surface area contributed by atoms with Gasteiger partial charge >= 0.3 is 0 Å². The fourth-order valence-corrected chi connectivity index (χ4v) is 3.39. The van der Waals surface area contributed by atoms with Gasteiger partial charge in [0.05, 0.1) is 15.3 Å². The second-order valence-corrected chi connectivity index (χ2v) is 6.69. The summed E-state index contributed by atoms with van der Waals surface area (Å²) < 4.78 is 0.658. The fourth-order valence-electron chi connectivity index (χ4n) is 1.66. The van der Waals surface area contributed by atoms with Gasteiger partial charge in [-0.3, -0.25) is 9.69 Å². The van der Waals surface area contributed by atoms with Gasteiger partial charge in [0.1, 0.15) is 0 Å². The van der Waals surface area contributed by atoms with Crippen molar-refractivity contribution in [3.05, 3.63) is 43.7 Å². The zero-order valence-corrected chi connectivity index (χ0v) is 12.6. The summed E-state index contributed by atoms with van der Waals surface area (Å²) in [6.07, 6.45) is 0. The molecule has 2 aromatic rings. The molecule has 0 bridgehead atoms. The molecule has 0 aliphatic carbocycles. The standard InChI is InChI=1S/C13H14ClNOS2/c1-9(13(16)11-3-4-12(14)18-11)15(2)7-10-5-6-17-8-10/h3-6,8-9H,7H2,1-2H3. The lowest BCUT2D eigenvalue weighted by Crippen LogP contribution is -2.35. The van der Waals surface area contributed by atoms with Crippen molar-refractivity contribution in [2.24, 2.45) is 0 Å². The molecule has 0 aliphatic heterocycles. The van der Waals surface area contributed by atoms with Crippen LogP contribution in [0.5, 0.6) is 0 Å². The van der Waals surface area contributed by atoms with Crippen molar-refractivity contribution in [3.63, 3.8) is 0 Å². The Balaban J connectivity index is 2.02. The summed E-state index contributed by atoms with van der Waals surface area (Å²) in [6, 6.07) is 5.51. The Labute approximate surface area is 120 Å². The van der Waals surface area contributed by atoms with Crippen molar-refractivity contribution in [2.45, 2.75) is 19.5 Å². The molecule has 2 heterocycles. The van der Waals surface area contributed by atoms with Crippen LogP contribution in [0.3, 0.4) is 0 Å². The van der Waals surface area contributed by atoms with E-state index in [-0.39, 0.29) is 11.8 Å². The van der Waals surface area contributed by atoms with Crippen LogP contribution in [-0.2, 0) is 6.54 Å². The van der Waals surface area contributed by atoms with Crippen molar-refractivity contribution in [1.82, 2.24) is 4.90 Å². The van der Waals surface area contributed by atoms with Crippen LogP contribution in [0.1, 0.15) is 22.2 Å². The molecule has 2 nitrogen and oxygen atoms in total. The van der Waals surface area contributed by atoms with Crippen LogP contribution in [0, 0.1) is 0 Å². The number of Topliss-reactive ketones (excluding diaryl/α,β-unsaturated/α-hetero) is 1. The zero-order valence-electron chi connectivity index (χ0n) is 10.2. The van der Waals surface area contributed by atoms with Crippen LogP contribution < -0.4 is 0 Å². The Morgan fingerprint density at radius 2 is 2.22 bits per heavy atom. The number of likely N-dealkylation sites (N-methyl/N-ethyl adjacent to an activating group) is 1. The van der Waals surface area contributed by atoms with E-state index in [1.807, 2.05) is 14.0 Å². The first-order valence-corrected chi connectivity index (χ1v) is 7.72. The minimum atomic E-state index is -0.139. The van der Waals surface area contributed by atoms with Gasteiger partial charge in [-0.1, -0.05) is 11.6 Å². The summed E-state index contributed by atoms with van der Waals surface area (Å²) in [5.74, 6) is 0.129. The first-order valence-electron chi connectivity index (χ1n) is 5.59. The first kappa shape index (κ1) is 13.7. The van der Waals surface area contributed by atoms with Gasteiger partial charge in [-0.15, -0.1) is 11.3 Å². The molecule has 1 atom stereocenters. The summed E-state index contributed by atoms with van der Waals surface area (Å²) in [5, 5.41) is 4.16. The summed E-state index contributed by atoms with van der Waals surface area (Å²) in [6.45, 7) is 2.72. The minimum absolute atomic E-state index is 0.129. The monoisotopic (exact) mass is 299 g/mol. The average Bonchev–Trinajstić information content (AvgIpc) is 2.98. The maximum atomic E-state index is 12.2. The third-order valence-electron chi connectivity index (χ3n) is 2.87. The summed E-state index contributed by atoms with van der Waals surface area (Å²) in [5.41, 5.74) is 1.24. The van der Waals surface area contributed by atoms with E-state index in [9.17, 15) is 4.79 Å². The summed E-state index contributed by atoms with van der Waals surface area (Å²) in [7, 11) is 1.97. The van der Waals surface area contributed by atoms with Gasteiger partial charge in [-0.05, 0) is 48.5 Å². The lowest BCUT2D eigenvalue weighted by atomic mass is 10.1. The molecule has 2 rings (SSSR count). The van der Waals surface area contributed by atoms with E-state index < -0.39 is 0 Å². The van der Waals surface area contributed by atoms with Gasteiger partial charge in [0.25, 0.3) is 0 Å². The number of hydrogen-bond acceptors (Lipinski definition) is 4. The molecule has 2 aromatic heterocycles. The van der Waals surface area contributed by atoms with E-state index in [2.05, 4.69) is 21.7 Å². The van der Waals surface area contributed by atoms with E-state index in [0.717, 1.165) is 11.4 Å². The topological polar surface area (TPSA) is 20.3 Å². The Morgan fingerprint density at radius 1 is 1.44 bits per heavy atom. The predicted octanol–water partition coefficient (Wildman–Crippen LogP) is 4.17. The van der Waals surface area contributed by atoms with Crippen molar-refractivity contribution < 1.29 is 4.79 Å². The molecule has 0 aliphatic rings. The molecule has 0 saturated heterocycles. The highest BCUT2D eigenvalue weighted by molar-refractivity contribution is 7.18. The quantitative estimate of drug-likeness (QED) is 0.773. The van der Waals surface area contributed by atoms with Gasteiger partial charge in [-0.25, -0.2) is 0 Å². The lowest BCUT2D eigenvalue weighted by Gasteiger charge is -2.22. The number of halogens is 1. The van der Waals surface area contributed by atoms with Crippen molar-refractivity contribution >= 4 is 40.1 Å². The Hall–Kier alpha value is -0.680. The highest BCUT2D eigenvalue weighted by atomic mass is 35.5. The number of hydrogen-bond donors (Lipinski definition) is 0. The van der Waals surface area contributed by atoms with Crippen LogP contribution in [0.25, 0.3) is 0 Å². The predicted molar refractivity (Wildman–Crippen MR) is 78.9 cm³/mol. The van der Waals surface area contributed by atoms with Gasteiger partial charge in [0, 0.05) is 6.54 Å². The molecule has 0 saturated carbocycles. The minimum Gasteiger partial charge on any atom is -0.292 e. The summed E-state index contributed by atoms with van der Waals surface area (Å²) in [4.78, 5) is 15.0. The Bertz CT molecular complexity index is 521. The van der Waals surface area contributed by atoms with Crippen molar-refractivity contribution in [2.75, 3.05) is 7.05 Å². The molecular formula is C13H14ClNOS2. The number of rotatable bonds is 5. The maximum Gasteiger partial charge on any atom is 0.189 e. The molecular weight excluding hydrogens is 286 g/mol. The van der Waals surface area contributed by atoms with Gasteiger partial charge in [0.2, 0.25) is 0 Å². The fraction of sp³-hybridized carbons (Fsp3) is 0.308. The van der Waals surface area contributed by atoms with E-state index in [0.29, 0.717) is 4.34 Å². The van der Waals surface area contributed by atoms with E-state index >= 15 is 0 Å². The SMILES string of the molecule is CC(C(=O)c1ccc(Cl)s1)N(C)Cc1ccsc1. The number of carbonyl (C=O) groups excluding carboxylic acids is 1. The van der Waals surface area contributed by atoms with Gasteiger partial charge in [0.15, 0.2) is 5.78 Å². The third-order valence-corrected chi connectivity index (χ3v) is 4.85. The Morgan fingerprint density at radius 3 is 2.78 bits per heavy atom. The molecule has 0 aromatic carbocycles. The molecule has 18 heavy (non-hydrogen) atoms. The molecule has 0 amide bonds. The van der Waals surface area contributed by atoms with Crippen LogP contribution in [-0.4, -0.2) is 23.8 Å². The third kappa shape index (κ3) is 3.20.